The molecule has 0 radical (unpaired) electrons. The van der Waals surface area contributed by atoms with E-state index < -0.39 is 29.2 Å². The van der Waals surface area contributed by atoms with Gasteiger partial charge in [0.25, 0.3) is 0 Å². The van der Waals surface area contributed by atoms with Crippen LogP contribution in [-0.2, 0) is 15.9 Å². The number of nitrogens with zero attached hydrogens (tertiary/aromatic N) is 1. The Labute approximate surface area is 128 Å². The van der Waals surface area contributed by atoms with Crippen LogP contribution in [0.1, 0.15) is 12.0 Å². The monoisotopic (exact) mass is 393 g/mol. The lowest BCUT2D eigenvalue weighted by Crippen LogP contribution is -2.30. The highest BCUT2D eigenvalue weighted by atomic mass is 79.9. The highest BCUT2D eigenvalue weighted by Gasteiger charge is 2.31. The zero-order valence-corrected chi connectivity index (χ0v) is 13.6. The third kappa shape index (κ3) is 4.61. The third-order valence-corrected chi connectivity index (χ3v) is 5.69. The lowest BCUT2D eigenvalue weighted by atomic mass is 10.2. The lowest BCUT2D eigenvalue weighted by molar-refractivity contribution is -0.135. The molecule has 0 saturated heterocycles. The minimum Gasteiger partial charge on any atom is -0.207 e. The van der Waals surface area contributed by atoms with Crippen LogP contribution in [0.25, 0.3) is 0 Å². The molecule has 9 heteroatoms. The highest BCUT2D eigenvalue weighted by Crippen LogP contribution is 2.27. The van der Waals surface area contributed by atoms with Crippen molar-refractivity contribution in [2.75, 3.05) is 13.6 Å². The second-order valence-corrected chi connectivity index (χ2v) is 7.23. The first-order valence-electron chi connectivity index (χ1n) is 5.45. The van der Waals surface area contributed by atoms with Crippen molar-refractivity contribution in [3.8, 4) is 0 Å². The zero-order valence-electron chi connectivity index (χ0n) is 10.4. The Morgan fingerprint density at radius 3 is 2.40 bits per heavy atom. The van der Waals surface area contributed by atoms with Crippen LogP contribution in [0.15, 0.2) is 27.6 Å². The Kier molecular flexibility index (Phi) is 5.89. The van der Waals surface area contributed by atoms with E-state index in [4.69, 9.17) is 11.6 Å². The topological polar surface area (TPSA) is 37.4 Å². The lowest BCUT2D eigenvalue weighted by Gasteiger charge is -2.19. The van der Waals surface area contributed by atoms with Crippen molar-refractivity contribution in [3.63, 3.8) is 0 Å². The number of benzene rings is 1. The molecule has 0 unspecified atom stereocenters. The number of alkyl halides is 4. The van der Waals surface area contributed by atoms with E-state index in [2.05, 4.69) is 15.9 Å². The Bertz CT molecular complexity index is 578. The van der Waals surface area contributed by atoms with Gasteiger partial charge in [-0.1, -0.05) is 6.07 Å². The molecule has 0 bridgehead atoms. The molecule has 0 heterocycles. The SMILES string of the molecule is CN(CCC(F)(F)F)S(=O)(=O)c1ccc(CCl)cc1Br. The minimum atomic E-state index is -4.40. The summed E-state index contributed by atoms with van der Waals surface area (Å²) < 4.78 is 61.7. The van der Waals surface area contributed by atoms with Gasteiger partial charge >= 0.3 is 6.18 Å². The Hall–Kier alpha value is -0.310. The maximum atomic E-state index is 12.2. The van der Waals surface area contributed by atoms with Crippen LogP contribution in [0.2, 0.25) is 0 Å². The van der Waals surface area contributed by atoms with Crippen molar-refractivity contribution in [1.29, 1.82) is 0 Å². The summed E-state index contributed by atoms with van der Waals surface area (Å²) in [7, 11) is -2.86. The summed E-state index contributed by atoms with van der Waals surface area (Å²) >= 11 is 8.72. The van der Waals surface area contributed by atoms with Crippen LogP contribution in [0.5, 0.6) is 0 Å². The van der Waals surface area contributed by atoms with Gasteiger partial charge in [0, 0.05) is 23.9 Å². The van der Waals surface area contributed by atoms with Gasteiger partial charge in [-0.3, -0.25) is 0 Å². The zero-order chi connectivity index (χ0) is 15.6. The summed E-state index contributed by atoms with van der Waals surface area (Å²) in [6.07, 6.45) is -5.59. The molecular formula is C11H12BrClF3NO2S. The molecule has 0 atom stereocenters. The predicted octanol–water partition coefficient (Wildman–Crippen LogP) is 3.76. The standard InChI is InChI=1S/C11H12BrClF3NO2S/c1-17(5-4-11(14,15)16)20(18,19)10-3-2-8(7-13)6-9(10)12/h2-3,6H,4-5,7H2,1H3. The molecule has 0 saturated carbocycles. The van der Waals surface area contributed by atoms with Gasteiger partial charge in [-0.25, -0.2) is 12.7 Å². The largest absolute Gasteiger partial charge is 0.390 e. The average molecular weight is 395 g/mol. The van der Waals surface area contributed by atoms with Crippen LogP contribution in [0.4, 0.5) is 13.2 Å². The van der Waals surface area contributed by atoms with E-state index in [0.717, 1.165) is 7.05 Å². The van der Waals surface area contributed by atoms with Gasteiger partial charge in [0.2, 0.25) is 10.0 Å². The maximum Gasteiger partial charge on any atom is 0.390 e. The Balaban J connectivity index is 2.98. The fourth-order valence-corrected chi connectivity index (χ4v) is 3.83. The van der Waals surface area contributed by atoms with E-state index >= 15 is 0 Å². The highest BCUT2D eigenvalue weighted by molar-refractivity contribution is 9.10. The second kappa shape index (κ2) is 6.64. The van der Waals surface area contributed by atoms with Crippen LogP contribution in [0.3, 0.4) is 0 Å². The van der Waals surface area contributed by atoms with Crippen molar-refractivity contribution in [3.05, 3.63) is 28.2 Å². The van der Waals surface area contributed by atoms with Crippen LogP contribution >= 0.6 is 27.5 Å². The molecule has 1 aromatic rings. The third-order valence-electron chi connectivity index (χ3n) is 2.55. The van der Waals surface area contributed by atoms with E-state index in [-0.39, 0.29) is 15.2 Å². The van der Waals surface area contributed by atoms with Crippen molar-refractivity contribution in [2.24, 2.45) is 0 Å². The molecule has 0 N–H and O–H groups in total. The molecule has 0 aliphatic heterocycles. The van der Waals surface area contributed by atoms with Crippen molar-refractivity contribution < 1.29 is 21.6 Å². The molecule has 3 nitrogen and oxygen atoms in total. The normalized spacial score (nSPS) is 12.9. The number of sulfonamides is 1. The molecule has 0 aliphatic carbocycles. The van der Waals surface area contributed by atoms with Crippen LogP contribution < -0.4 is 0 Å². The summed E-state index contributed by atoms with van der Waals surface area (Å²) in [6.45, 7) is -0.629. The minimum absolute atomic E-state index is 0.0870. The fourth-order valence-electron chi connectivity index (χ4n) is 1.41. The van der Waals surface area contributed by atoms with Gasteiger partial charge in [-0.05, 0) is 33.6 Å². The summed E-state index contributed by atoms with van der Waals surface area (Å²) in [5.74, 6) is 0.211. The van der Waals surface area contributed by atoms with Gasteiger partial charge in [0.05, 0.1) is 11.3 Å². The first-order valence-corrected chi connectivity index (χ1v) is 8.22. The first-order chi connectivity index (χ1) is 9.08. The van der Waals surface area contributed by atoms with Gasteiger partial charge in [-0.2, -0.15) is 13.2 Å². The van der Waals surface area contributed by atoms with E-state index in [9.17, 15) is 21.6 Å². The van der Waals surface area contributed by atoms with E-state index in [1.165, 1.54) is 18.2 Å². The number of rotatable bonds is 5. The van der Waals surface area contributed by atoms with Gasteiger partial charge < -0.3 is 0 Å². The van der Waals surface area contributed by atoms with E-state index in [0.29, 0.717) is 9.87 Å². The Morgan fingerprint density at radius 2 is 1.95 bits per heavy atom. The maximum absolute atomic E-state index is 12.2. The molecule has 0 spiro atoms. The summed E-state index contributed by atoms with van der Waals surface area (Å²) in [5.41, 5.74) is 0.704. The molecule has 0 fully saturated rings. The number of hydrogen-bond acceptors (Lipinski definition) is 2. The number of hydrogen-bond donors (Lipinski definition) is 0. The van der Waals surface area contributed by atoms with Gasteiger partial charge in [-0.15, -0.1) is 11.6 Å². The molecule has 20 heavy (non-hydrogen) atoms. The van der Waals surface area contributed by atoms with Crippen LogP contribution in [0, 0.1) is 0 Å². The van der Waals surface area contributed by atoms with Crippen LogP contribution in [-0.4, -0.2) is 32.5 Å². The van der Waals surface area contributed by atoms with Crippen molar-refractivity contribution in [1.82, 2.24) is 4.31 Å². The van der Waals surface area contributed by atoms with Crippen molar-refractivity contribution >= 4 is 37.6 Å². The summed E-state index contributed by atoms with van der Waals surface area (Å²) in [4.78, 5) is -0.0870. The van der Waals surface area contributed by atoms with Crippen molar-refractivity contribution in [2.45, 2.75) is 23.4 Å². The summed E-state index contributed by atoms with van der Waals surface area (Å²) in [6, 6.07) is 4.36. The fraction of sp³-hybridized carbons (Fsp3) is 0.455. The smallest absolute Gasteiger partial charge is 0.207 e. The Morgan fingerprint density at radius 1 is 1.35 bits per heavy atom. The predicted molar refractivity (Wildman–Crippen MR) is 74.2 cm³/mol. The second-order valence-electron chi connectivity index (χ2n) is 4.09. The molecule has 1 rings (SSSR count). The van der Waals surface area contributed by atoms with E-state index in [1.807, 2.05) is 0 Å². The molecule has 0 aliphatic rings. The summed E-state index contributed by atoms with van der Waals surface area (Å²) in [5, 5.41) is 0. The average Bonchev–Trinajstić information content (AvgIpc) is 2.34. The molecule has 0 aromatic heterocycles. The van der Waals surface area contributed by atoms with Gasteiger partial charge in [0.15, 0.2) is 0 Å². The first kappa shape index (κ1) is 17.7. The van der Waals surface area contributed by atoms with E-state index in [1.54, 1.807) is 0 Å². The quantitative estimate of drug-likeness (QED) is 0.713. The molecule has 0 amide bonds. The molecule has 1 aromatic carbocycles. The van der Waals surface area contributed by atoms with Gasteiger partial charge in [0.1, 0.15) is 0 Å². The number of halogens is 5. The molecular weight excluding hydrogens is 383 g/mol. The molecule has 114 valence electrons.